The van der Waals surface area contributed by atoms with Gasteiger partial charge >= 0.3 is 0 Å². The molecule has 0 aliphatic rings. The number of hydrogen-bond acceptors (Lipinski definition) is 7. The smallest absolute Gasteiger partial charge is 0.0541 e. The monoisotopic (exact) mass is 1720 g/mol. The van der Waals surface area contributed by atoms with E-state index in [1.807, 2.05) is 45.3 Å². The zero-order valence-corrected chi connectivity index (χ0v) is 73.2. The molecule has 0 spiro atoms. The molecule has 26 aromatic rings. The summed E-state index contributed by atoms with van der Waals surface area (Å²) in [6.45, 7) is 0. The highest BCUT2D eigenvalue weighted by Gasteiger charge is 2.25. The van der Waals surface area contributed by atoms with Crippen LogP contribution in [0, 0.1) is 0 Å². The average Bonchev–Trinajstić information content (AvgIpc) is 1.59. The summed E-state index contributed by atoms with van der Waals surface area (Å²) in [4.78, 5) is 7.10. The van der Waals surface area contributed by atoms with E-state index >= 15 is 0 Å². The van der Waals surface area contributed by atoms with Gasteiger partial charge in [0.1, 0.15) is 0 Å². The summed E-state index contributed by atoms with van der Waals surface area (Å²) in [5, 5.41) is 15.5. The van der Waals surface area contributed by atoms with Crippen LogP contribution >= 0.6 is 45.3 Å². The molecule has 26 rings (SSSR count). The fourth-order valence-electron chi connectivity index (χ4n) is 19.1. The standard InChI is InChI=1S/2C42H28N2S.C36H23NS2/c1-4-14-30(15-5-1)43(31-16-6-2-7-17-31)33-27-36(42-38(28-33)35-21-11-13-23-41(35)45-42)29-24-25-40-37(26-29)34-20-10-12-22-39(34)44(40)32-18-8-3-9-19-32;1-3-13-30(14-4-1)43(31-15-5-2-6-16-31)33-27-37(42-38(28-33)36-19-9-12-22-41(36)45-42)29-23-25-32(26-24-29)44-39-20-10-7-17-34(39)35-18-8-11-21-40(35)44;1-3-11-25(12-4-1)37(26-13-5-2-6-14-26)27-22-30(36-32(23-27)29-16-8-10-18-34(29)39-36)24-19-20-35-31(21-24)28-15-7-9-17-33(28)38-35/h2*1-28H;1-23H. The summed E-state index contributed by atoms with van der Waals surface area (Å²) < 4.78 is 15.3. The van der Waals surface area contributed by atoms with Crippen molar-refractivity contribution in [2.75, 3.05) is 14.7 Å². The normalized spacial score (nSPS) is 11.6. The molecule has 0 N–H and O–H groups in total. The highest BCUT2D eigenvalue weighted by atomic mass is 32.1. The second-order valence-corrected chi connectivity index (χ2v) is 36.8. The zero-order chi connectivity index (χ0) is 85.2. The van der Waals surface area contributed by atoms with Crippen LogP contribution in [-0.2, 0) is 0 Å². The third-order valence-corrected chi connectivity index (χ3v) is 29.8. The molecule has 20 aromatic carbocycles. The first-order valence-corrected chi connectivity index (χ1v) is 46.9. The summed E-state index contributed by atoms with van der Waals surface area (Å²) in [6.07, 6.45) is 0. The van der Waals surface area contributed by atoms with E-state index < -0.39 is 0 Å². The molecule has 0 saturated heterocycles. The van der Waals surface area contributed by atoms with Crippen molar-refractivity contribution in [3.63, 3.8) is 0 Å². The molecule has 0 atom stereocenters. The van der Waals surface area contributed by atoms with Gasteiger partial charge in [-0.15, -0.1) is 45.3 Å². The fraction of sp³-hybridized carbons (Fsp3) is 0. The maximum absolute atomic E-state index is 2.40. The van der Waals surface area contributed by atoms with E-state index in [0.717, 1.165) is 56.9 Å². The molecule has 5 nitrogen and oxygen atoms in total. The molecule has 0 bridgehead atoms. The first-order valence-electron chi connectivity index (χ1n) is 43.7. The third kappa shape index (κ3) is 13.9. The molecule has 0 unspecified atom stereocenters. The number of aromatic nitrogens is 2. The molecule has 0 radical (unpaired) electrons. The number of nitrogens with zero attached hydrogens (tertiary/aromatic N) is 5. The fourth-order valence-corrected chi connectivity index (χ4v) is 23.9. The predicted octanol–water partition coefficient (Wildman–Crippen LogP) is 36.1. The third-order valence-electron chi connectivity index (χ3n) is 25.0. The van der Waals surface area contributed by atoms with Crippen LogP contribution in [0.3, 0.4) is 0 Å². The lowest BCUT2D eigenvalue weighted by molar-refractivity contribution is 1.18. The number of rotatable bonds is 14. The number of benzene rings is 20. The van der Waals surface area contributed by atoms with E-state index in [2.05, 4.69) is 503 Å². The summed E-state index contributed by atoms with van der Waals surface area (Å²) >= 11 is 7.52. The molecule has 129 heavy (non-hydrogen) atoms. The van der Waals surface area contributed by atoms with Crippen molar-refractivity contribution in [3.05, 3.63) is 479 Å². The van der Waals surface area contributed by atoms with Crippen molar-refractivity contribution >= 4 is 221 Å². The van der Waals surface area contributed by atoms with Gasteiger partial charge in [-0.25, -0.2) is 0 Å². The Morgan fingerprint density at radius 3 is 0.760 bits per heavy atom. The quantitative estimate of drug-likeness (QED) is 0.108. The number of fused-ring (bicyclic) bond motifs is 18. The van der Waals surface area contributed by atoms with Crippen molar-refractivity contribution < 1.29 is 0 Å². The zero-order valence-electron chi connectivity index (χ0n) is 70.0. The minimum atomic E-state index is 1.13. The van der Waals surface area contributed by atoms with Crippen LogP contribution in [0.1, 0.15) is 0 Å². The molecule has 0 fully saturated rings. The van der Waals surface area contributed by atoms with Crippen LogP contribution in [0.5, 0.6) is 0 Å². The Morgan fingerprint density at radius 1 is 0.147 bits per heavy atom. The maximum Gasteiger partial charge on any atom is 0.0541 e. The predicted molar refractivity (Wildman–Crippen MR) is 560 cm³/mol. The minimum Gasteiger partial charge on any atom is -0.310 e. The average molecular weight is 1720 g/mol. The van der Waals surface area contributed by atoms with E-state index in [1.165, 1.54) is 163 Å². The SMILES string of the molecule is c1ccc(N(c2ccccc2)c2cc(-c3ccc(-n4c5ccccc5c5ccccc54)cc3)c3sc4ccccc4c3c2)cc1.c1ccc(N(c2ccccc2)c2cc(-c3ccc4c(c3)c3ccccc3n4-c3ccccc3)c3sc4ccccc4c3c2)cc1.c1ccc(N(c2ccccc2)c2cc(-c3ccc4sc5ccccc5c4c3)c3sc4ccccc4c3c2)cc1. The van der Waals surface area contributed by atoms with E-state index in [4.69, 9.17) is 0 Å². The lowest BCUT2D eigenvalue weighted by Crippen LogP contribution is -2.09. The van der Waals surface area contributed by atoms with E-state index in [-0.39, 0.29) is 0 Å². The van der Waals surface area contributed by atoms with Gasteiger partial charge in [0.15, 0.2) is 0 Å². The minimum absolute atomic E-state index is 1.13. The number of para-hydroxylation sites is 10. The van der Waals surface area contributed by atoms with E-state index in [0.29, 0.717) is 0 Å². The lowest BCUT2D eigenvalue weighted by Gasteiger charge is -2.26. The second kappa shape index (κ2) is 33.0. The first kappa shape index (κ1) is 76.9. The topological polar surface area (TPSA) is 19.6 Å². The number of hydrogen-bond donors (Lipinski definition) is 0. The van der Waals surface area contributed by atoms with Crippen LogP contribution in [-0.4, -0.2) is 9.13 Å². The Labute approximate surface area is 762 Å². The molecule has 9 heteroatoms. The summed E-state index contributed by atoms with van der Waals surface area (Å²) in [7, 11) is 0. The molecule has 0 saturated carbocycles. The van der Waals surface area contributed by atoms with Crippen molar-refractivity contribution in [2.24, 2.45) is 0 Å². The summed E-state index contributed by atoms with van der Waals surface area (Å²) in [5.41, 5.74) is 24.9. The van der Waals surface area contributed by atoms with Gasteiger partial charge in [-0.3, -0.25) is 0 Å². The van der Waals surface area contributed by atoms with Crippen LogP contribution < -0.4 is 14.7 Å². The summed E-state index contributed by atoms with van der Waals surface area (Å²) in [5.74, 6) is 0. The van der Waals surface area contributed by atoms with Gasteiger partial charge in [-0.2, -0.15) is 0 Å². The molecule has 0 aliphatic heterocycles. The van der Waals surface area contributed by atoms with Crippen LogP contribution in [0.25, 0.3) is 169 Å². The second-order valence-electron chi connectivity index (χ2n) is 32.6. The lowest BCUT2D eigenvalue weighted by atomic mass is 9.99. The van der Waals surface area contributed by atoms with E-state index in [1.54, 1.807) is 0 Å². The molecular formula is C120H79N5S4. The van der Waals surface area contributed by atoms with Gasteiger partial charge in [0.05, 0.1) is 22.1 Å². The molecule has 0 amide bonds. The van der Waals surface area contributed by atoms with E-state index in [9.17, 15) is 0 Å². The maximum atomic E-state index is 2.40. The van der Waals surface area contributed by atoms with Crippen LogP contribution in [0.2, 0.25) is 0 Å². The van der Waals surface area contributed by atoms with Crippen molar-refractivity contribution in [1.29, 1.82) is 0 Å². The first-order chi connectivity index (χ1) is 64.0. The van der Waals surface area contributed by atoms with Crippen LogP contribution in [0.4, 0.5) is 51.2 Å². The Hall–Kier alpha value is -15.7. The van der Waals surface area contributed by atoms with Crippen molar-refractivity contribution in [3.8, 4) is 44.8 Å². The highest BCUT2D eigenvalue weighted by molar-refractivity contribution is 7.27. The largest absolute Gasteiger partial charge is 0.310 e. The van der Waals surface area contributed by atoms with Gasteiger partial charge in [-0.05, 0) is 217 Å². The number of thiophene rings is 4. The molecule has 608 valence electrons. The highest BCUT2D eigenvalue weighted by Crippen LogP contribution is 2.52. The Bertz CT molecular complexity index is 8510. The molecule has 6 aromatic heterocycles. The van der Waals surface area contributed by atoms with Gasteiger partial charge in [0, 0.05) is 181 Å². The molecular weight excluding hydrogens is 1640 g/mol. The Kier molecular flexibility index (Phi) is 19.7. The van der Waals surface area contributed by atoms with Gasteiger partial charge in [-0.1, -0.05) is 279 Å². The Morgan fingerprint density at radius 2 is 0.395 bits per heavy atom. The summed E-state index contributed by atoms with van der Waals surface area (Å²) in [6, 6.07) is 173. The number of anilines is 9. The molecule has 6 heterocycles. The molecule has 0 aliphatic carbocycles. The van der Waals surface area contributed by atoms with Gasteiger partial charge in [0.25, 0.3) is 0 Å². The van der Waals surface area contributed by atoms with Crippen molar-refractivity contribution in [2.45, 2.75) is 0 Å². The van der Waals surface area contributed by atoms with Gasteiger partial charge < -0.3 is 23.8 Å². The Balaban J connectivity index is 0.000000108. The van der Waals surface area contributed by atoms with Crippen LogP contribution in [0.15, 0.2) is 479 Å². The van der Waals surface area contributed by atoms with Gasteiger partial charge in [0.2, 0.25) is 0 Å². The van der Waals surface area contributed by atoms with Crippen molar-refractivity contribution in [1.82, 2.24) is 9.13 Å².